The summed E-state index contributed by atoms with van der Waals surface area (Å²) in [6.07, 6.45) is -2.44. The van der Waals surface area contributed by atoms with Crippen LogP contribution in [0.4, 0.5) is 8.78 Å². The van der Waals surface area contributed by atoms with Crippen molar-refractivity contribution in [2.45, 2.75) is 26.3 Å². The molecule has 19 heavy (non-hydrogen) atoms. The maximum atomic E-state index is 12.8. The second-order valence-electron chi connectivity index (χ2n) is 4.29. The molecule has 0 radical (unpaired) electrons. The van der Waals surface area contributed by atoms with Crippen LogP contribution in [0.5, 0.6) is 0 Å². The molecule has 0 saturated carbocycles. The number of thiazole rings is 1. The minimum absolute atomic E-state index is 0.0497. The van der Waals surface area contributed by atoms with Crippen molar-refractivity contribution in [3.05, 3.63) is 51.5 Å². The number of aromatic nitrogens is 1. The van der Waals surface area contributed by atoms with E-state index in [2.05, 4.69) is 10.3 Å². The van der Waals surface area contributed by atoms with Gasteiger partial charge < -0.3 is 5.32 Å². The third kappa shape index (κ3) is 3.36. The van der Waals surface area contributed by atoms with Crippen molar-refractivity contribution in [3.8, 4) is 0 Å². The van der Waals surface area contributed by atoms with Gasteiger partial charge in [-0.15, -0.1) is 11.3 Å². The Morgan fingerprint density at radius 3 is 2.63 bits per heavy atom. The van der Waals surface area contributed by atoms with Crippen LogP contribution in [0.2, 0.25) is 0 Å². The van der Waals surface area contributed by atoms with Crippen LogP contribution in [-0.4, -0.2) is 11.5 Å². The Kier molecular flexibility index (Phi) is 4.61. The maximum Gasteiger partial charge on any atom is 0.263 e. The second-order valence-corrected chi connectivity index (χ2v) is 5.18. The molecule has 1 unspecified atom stereocenters. The quantitative estimate of drug-likeness (QED) is 0.893. The molecule has 1 aromatic carbocycles. The van der Waals surface area contributed by atoms with Crippen LogP contribution < -0.4 is 5.32 Å². The van der Waals surface area contributed by atoms with E-state index in [-0.39, 0.29) is 11.6 Å². The number of hydrogen-bond donors (Lipinski definition) is 1. The number of benzene rings is 1. The number of hydrogen-bond acceptors (Lipinski definition) is 3. The molecule has 2 aromatic rings. The van der Waals surface area contributed by atoms with Crippen molar-refractivity contribution in [3.63, 3.8) is 0 Å². The average molecular weight is 282 g/mol. The monoisotopic (exact) mass is 282 g/mol. The Balaban J connectivity index is 2.36. The standard InChI is InChI=1S/C14H16F2N2S/c1-3-17-12(14-18-9(2)8-19-14)10-5-4-6-11(7-10)13(15)16/h4-8,12-13,17H,3H2,1-2H3. The summed E-state index contributed by atoms with van der Waals surface area (Å²) in [6.45, 7) is 4.67. The molecule has 2 rings (SSSR count). The lowest BCUT2D eigenvalue weighted by Gasteiger charge is -2.16. The molecule has 1 N–H and O–H groups in total. The van der Waals surface area contributed by atoms with Crippen LogP contribution in [-0.2, 0) is 0 Å². The Labute approximate surface area is 115 Å². The molecule has 1 atom stereocenters. The van der Waals surface area contributed by atoms with E-state index in [9.17, 15) is 8.78 Å². The lowest BCUT2D eigenvalue weighted by Crippen LogP contribution is -2.22. The topological polar surface area (TPSA) is 24.9 Å². The van der Waals surface area contributed by atoms with Crippen LogP contribution in [0.3, 0.4) is 0 Å². The van der Waals surface area contributed by atoms with Crippen LogP contribution in [0, 0.1) is 6.92 Å². The minimum Gasteiger partial charge on any atom is -0.305 e. The van der Waals surface area contributed by atoms with Crippen molar-refractivity contribution in [2.24, 2.45) is 0 Å². The van der Waals surface area contributed by atoms with E-state index < -0.39 is 6.43 Å². The molecule has 0 saturated heterocycles. The summed E-state index contributed by atoms with van der Waals surface area (Å²) in [5.41, 5.74) is 1.83. The summed E-state index contributed by atoms with van der Waals surface area (Å²) in [6, 6.07) is 6.40. The molecular weight excluding hydrogens is 266 g/mol. The summed E-state index contributed by atoms with van der Waals surface area (Å²) in [7, 11) is 0. The Morgan fingerprint density at radius 2 is 2.05 bits per heavy atom. The lowest BCUT2D eigenvalue weighted by atomic mass is 10.0. The van der Waals surface area contributed by atoms with Gasteiger partial charge in [0, 0.05) is 16.6 Å². The fraction of sp³-hybridized carbons (Fsp3) is 0.357. The molecule has 0 fully saturated rings. The number of nitrogens with zero attached hydrogens (tertiary/aromatic N) is 1. The van der Waals surface area contributed by atoms with E-state index in [0.717, 1.165) is 22.8 Å². The number of alkyl halides is 2. The summed E-state index contributed by atoms with van der Waals surface area (Å²) in [5, 5.41) is 6.17. The molecule has 102 valence electrons. The highest BCUT2D eigenvalue weighted by molar-refractivity contribution is 7.09. The average Bonchev–Trinajstić information content (AvgIpc) is 2.82. The third-order valence-electron chi connectivity index (χ3n) is 2.79. The van der Waals surface area contributed by atoms with Gasteiger partial charge in [0.05, 0.1) is 6.04 Å². The highest BCUT2D eigenvalue weighted by Crippen LogP contribution is 2.28. The van der Waals surface area contributed by atoms with E-state index in [4.69, 9.17) is 0 Å². The molecule has 0 aliphatic carbocycles. The van der Waals surface area contributed by atoms with Gasteiger partial charge in [-0.05, 0) is 25.1 Å². The first-order valence-corrected chi connectivity index (χ1v) is 7.03. The third-order valence-corrected chi connectivity index (χ3v) is 3.82. The van der Waals surface area contributed by atoms with E-state index in [0.29, 0.717) is 0 Å². The molecule has 2 nitrogen and oxygen atoms in total. The fourth-order valence-electron chi connectivity index (χ4n) is 1.93. The molecule has 0 amide bonds. The normalized spacial score (nSPS) is 12.9. The van der Waals surface area contributed by atoms with Crippen LogP contribution >= 0.6 is 11.3 Å². The fourth-order valence-corrected chi connectivity index (χ4v) is 2.83. The maximum absolute atomic E-state index is 12.8. The smallest absolute Gasteiger partial charge is 0.263 e. The van der Waals surface area contributed by atoms with Crippen LogP contribution in [0.1, 0.15) is 41.2 Å². The SMILES string of the molecule is CCNC(c1cccc(C(F)F)c1)c1nc(C)cs1. The first-order valence-electron chi connectivity index (χ1n) is 6.15. The van der Waals surface area contributed by atoms with Gasteiger partial charge in [-0.2, -0.15) is 0 Å². The number of nitrogens with one attached hydrogen (secondary N) is 1. The van der Waals surface area contributed by atoms with E-state index in [1.165, 1.54) is 6.07 Å². The van der Waals surface area contributed by atoms with Crippen molar-refractivity contribution in [2.75, 3.05) is 6.54 Å². The number of aryl methyl sites for hydroxylation is 1. The molecule has 5 heteroatoms. The Hall–Kier alpha value is -1.33. The van der Waals surface area contributed by atoms with E-state index in [1.54, 1.807) is 23.5 Å². The van der Waals surface area contributed by atoms with Gasteiger partial charge in [-0.1, -0.05) is 25.1 Å². The van der Waals surface area contributed by atoms with Crippen molar-refractivity contribution < 1.29 is 8.78 Å². The van der Waals surface area contributed by atoms with Gasteiger partial charge in [0.15, 0.2) is 0 Å². The molecule has 0 spiro atoms. The molecule has 1 heterocycles. The number of rotatable bonds is 5. The van der Waals surface area contributed by atoms with Gasteiger partial charge in [0.25, 0.3) is 6.43 Å². The summed E-state index contributed by atoms with van der Waals surface area (Å²) in [4.78, 5) is 4.45. The first-order chi connectivity index (χ1) is 9.11. The van der Waals surface area contributed by atoms with Crippen LogP contribution in [0.15, 0.2) is 29.6 Å². The summed E-state index contributed by atoms with van der Waals surface area (Å²) in [5.74, 6) is 0. The zero-order valence-electron chi connectivity index (χ0n) is 10.9. The van der Waals surface area contributed by atoms with Gasteiger partial charge in [-0.3, -0.25) is 0 Å². The Morgan fingerprint density at radius 1 is 1.32 bits per heavy atom. The van der Waals surface area contributed by atoms with Gasteiger partial charge in [0.2, 0.25) is 0 Å². The largest absolute Gasteiger partial charge is 0.305 e. The van der Waals surface area contributed by atoms with Crippen molar-refractivity contribution >= 4 is 11.3 Å². The lowest BCUT2D eigenvalue weighted by molar-refractivity contribution is 0.151. The molecule has 1 aromatic heterocycles. The Bertz CT molecular complexity index is 540. The minimum atomic E-state index is -2.44. The van der Waals surface area contributed by atoms with Crippen molar-refractivity contribution in [1.29, 1.82) is 0 Å². The van der Waals surface area contributed by atoms with E-state index >= 15 is 0 Å². The predicted octanol–water partition coefficient (Wildman–Crippen LogP) is 4.09. The van der Waals surface area contributed by atoms with Gasteiger partial charge in [0.1, 0.15) is 5.01 Å². The highest BCUT2D eigenvalue weighted by atomic mass is 32.1. The van der Waals surface area contributed by atoms with Crippen molar-refractivity contribution in [1.82, 2.24) is 10.3 Å². The zero-order chi connectivity index (χ0) is 13.8. The molecular formula is C14H16F2N2S. The molecule has 0 aliphatic rings. The van der Waals surface area contributed by atoms with Gasteiger partial charge in [-0.25, -0.2) is 13.8 Å². The van der Waals surface area contributed by atoms with E-state index in [1.807, 2.05) is 25.3 Å². The molecule has 0 bridgehead atoms. The van der Waals surface area contributed by atoms with Gasteiger partial charge >= 0.3 is 0 Å². The van der Waals surface area contributed by atoms with Crippen LogP contribution in [0.25, 0.3) is 0 Å². The zero-order valence-corrected chi connectivity index (χ0v) is 11.7. The summed E-state index contributed by atoms with van der Waals surface area (Å²) >= 11 is 1.55. The highest BCUT2D eigenvalue weighted by Gasteiger charge is 2.18. The summed E-state index contributed by atoms with van der Waals surface area (Å²) < 4.78 is 25.5. The second kappa shape index (κ2) is 6.21. The number of halogens is 2. The molecule has 0 aliphatic heterocycles. The predicted molar refractivity (Wildman–Crippen MR) is 73.8 cm³/mol. The first kappa shape index (κ1) is 14.1.